The van der Waals surface area contributed by atoms with Crippen molar-refractivity contribution in [3.63, 3.8) is 0 Å². The molecule has 2 aliphatic rings. The number of aliphatic imine (C=N–C) groups is 1. The van der Waals surface area contributed by atoms with Crippen molar-refractivity contribution in [1.29, 1.82) is 0 Å². The number of ether oxygens (including phenoxy) is 2. The molecule has 0 fully saturated rings. The lowest BCUT2D eigenvalue weighted by atomic mass is 10.0. The summed E-state index contributed by atoms with van der Waals surface area (Å²) in [6.07, 6.45) is 3.17. The van der Waals surface area contributed by atoms with Gasteiger partial charge in [0, 0.05) is 31.6 Å². The Labute approximate surface area is 183 Å². The van der Waals surface area contributed by atoms with Gasteiger partial charge in [0.1, 0.15) is 18.1 Å². The van der Waals surface area contributed by atoms with Crippen molar-refractivity contribution in [3.05, 3.63) is 53.1 Å². The number of nitrogens with zero attached hydrogens (tertiary/aromatic N) is 1. The van der Waals surface area contributed by atoms with Gasteiger partial charge in [0.2, 0.25) is 5.91 Å². The van der Waals surface area contributed by atoms with Crippen LogP contribution in [0, 0.1) is 0 Å². The van der Waals surface area contributed by atoms with Gasteiger partial charge in [0.25, 0.3) is 0 Å². The van der Waals surface area contributed by atoms with Crippen molar-refractivity contribution in [2.75, 3.05) is 38.2 Å². The van der Waals surface area contributed by atoms with E-state index in [4.69, 9.17) is 9.47 Å². The Morgan fingerprint density at radius 3 is 2.97 bits per heavy atom. The number of rotatable bonds is 8. The number of nitrogens with one attached hydrogen (secondary N) is 3. The monoisotopic (exact) mass is 422 g/mol. The second-order valence-electron chi connectivity index (χ2n) is 7.69. The second-order valence-corrected chi connectivity index (χ2v) is 7.69. The molecule has 0 spiro atoms. The Morgan fingerprint density at radius 1 is 1.13 bits per heavy atom. The standard InChI is InChI=1S/C24H30N4O3/c1-2-25-24(26-11-9-17-3-7-22-19(15-17)10-13-31-22)27-12-14-30-20-5-6-21-18(16-20)4-8-23(29)28-21/h3,5-7,15-16H,2,4,8-14H2,1H3,(H,28,29)(H2,25,26,27). The molecule has 2 aromatic carbocycles. The van der Waals surface area contributed by atoms with Gasteiger partial charge in [-0.15, -0.1) is 0 Å². The van der Waals surface area contributed by atoms with E-state index in [0.29, 0.717) is 26.1 Å². The van der Waals surface area contributed by atoms with Crippen LogP contribution in [-0.4, -0.2) is 44.7 Å². The van der Waals surface area contributed by atoms with Crippen LogP contribution in [0.1, 0.15) is 30.0 Å². The molecule has 31 heavy (non-hydrogen) atoms. The molecule has 0 atom stereocenters. The number of fused-ring (bicyclic) bond motifs is 2. The van der Waals surface area contributed by atoms with Gasteiger partial charge in [-0.2, -0.15) is 0 Å². The van der Waals surface area contributed by atoms with Gasteiger partial charge in [-0.1, -0.05) is 12.1 Å². The Bertz CT molecular complexity index is 958. The first-order chi connectivity index (χ1) is 15.2. The number of aryl methyl sites for hydroxylation is 1. The maximum Gasteiger partial charge on any atom is 0.224 e. The van der Waals surface area contributed by atoms with Gasteiger partial charge in [-0.05, 0) is 60.7 Å². The van der Waals surface area contributed by atoms with Crippen LogP contribution >= 0.6 is 0 Å². The zero-order chi connectivity index (χ0) is 21.5. The fourth-order valence-electron chi connectivity index (χ4n) is 3.82. The first kappa shape index (κ1) is 21.0. The predicted octanol–water partition coefficient (Wildman–Crippen LogP) is 2.68. The molecule has 7 heteroatoms. The summed E-state index contributed by atoms with van der Waals surface area (Å²) in [5, 5.41) is 9.49. The first-order valence-corrected chi connectivity index (χ1v) is 11.0. The largest absolute Gasteiger partial charge is 0.493 e. The van der Waals surface area contributed by atoms with E-state index in [2.05, 4.69) is 46.1 Å². The number of benzene rings is 2. The molecule has 2 aliphatic heterocycles. The summed E-state index contributed by atoms with van der Waals surface area (Å²) in [4.78, 5) is 16.1. The molecule has 0 saturated heterocycles. The summed E-state index contributed by atoms with van der Waals surface area (Å²) in [7, 11) is 0. The fraction of sp³-hybridized carbons (Fsp3) is 0.417. The molecule has 0 saturated carbocycles. The van der Waals surface area contributed by atoms with Gasteiger partial charge >= 0.3 is 0 Å². The molecule has 1 amide bonds. The molecule has 2 heterocycles. The molecule has 3 N–H and O–H groups in total. The highest BCUT2D eigenvalue weighted by atomic mass is 16.5. The lowest BCUT2D eigenvalue weighted by Gasteiger charge is -2.18. The van der Waals surface area contributed by atoms with Crippen molar-refractivity contribution >= 4 is 17.6 Å². The maximum atomic E-state index is 11.5. The summed E-state index contributed by atoms with van der Waals surface area (Å²) in [5.41, 5.74) is 4.60. The molecule has 0 bridgehead atoms. The molecule has 0 aromatic heterocycles. The second kappa shape index (κ2) is 10.2. The van der Waals surface area contributed by atoms with Gasteiger partial charge in [-0.3, -0.25) is 9.79 Å². The minimum atomic E-state index is 0.0748. The van der Waals surface area contributed by atoms with Crippen LogP contribution in [0.4, 0.5) is 5.69 Å². The fourth-order valence-corrected chi connectivity index (χ4v) is 3.82. The molecule has 4 rings (SSSR count). The molecule has 164 valence electrons. The van der Waals surface area contributed by atoms with Gasteiger partial charge in [-0.25, -0.2) is 0 Å². The average molecular weight is 423 g/mol. The average Bonchev–Trinajstić information content (AvgIpc) is 3.24. The minimum Gasteiger partial charge on any atom is -0.493 e. The van der Waals surface area contributed by atoms with Crippen molar-refractivity contribution in [1.82, 2.24) is 10.6 Å². The maximum absolute atomic E-state index is 11.5. The highest BCUT2D eigenvalue weighted by Gasteiger charge is 2.15. The van der Waals surface area contributed by atoms with Crippen LogP contribution in [0.25, 0.3) is 0 Å². The Balaban J connectivity index is 1.22. The molecule has 0 unspecified atom stereocenters. The molecule has 2 aromatic rings. The van der Waals surface area contributed by atoms with E-state index in [1.807, 2.05) is 18.2 Å². The van der Waals surface area contributed by atoms with Crippen LogP contribution in [0.15, 0.2) is 41.4 Å². The minimum absolute atomic E-state index is 0.0748. The van der Waals surface area contributed by atoms with Crippen LogP contribution in [0.5, 0.6) is 11.5 Å². The third-order valence-electron chi connectivity index (χ3n) is 5.40. The zero-order valence-corrected chi connectivity index (χ0v) is 18.0. The van der Waals surface area contributed by atoms with Crippen LogP contribution < -0.4 is 25.4 Å². The summed E-state index contributed by atoms with van der Waals surface area (Å²) in [6, 6.07) is 12.2. The number of carbonyl (C=O) groups excluding carboxylic acids is 1. The number of guanidine groups is 1. The van der Waals surface area contributed by atoms with E-state index in [0.717, 1.165) is 61.1 Å². The van der Waals surface area contributed by atoms with E-state index in [1.54, 1.807) is 0 Å². The molecular formula is C24H30N4O3. The lowest BCUT2D eigenvalue weighted by molar-refractivity contribution is -0.116. The van der Waals surface area contributed by atoms with E-state index >= 15 is 0 Å². The topological polar surface area (TPSA) is 84.0 Å². The van der Waals surface area contributed by atoms with Crippen molar-refractivity contribution < 1.29 is 14.3 Å². The zero-order valence-electron chi connectivity index (χ0n) is 18.0. The van der Waals surface area contributed by atoms with Crippen LogP contribution in [-0.2, 0) is 24.1 Å². The van der Waals surface area contributed by atoms with Gasteiger partial charge in [0.15, 0.2) is 5.96 Å². The first-order valence-electron chi connectivity index (χ1n) is 11.0. The summed E-state index contributed by atoms with van der Waals surface area (Å²) < 4.78 is 11.4. The summed E-state index contributed by atoms with van der Waals surface area (Å²) in [6.45, 7) is 5.54. The number of hydrogen-bond donors (Lipinski definition) is 3. The number of anilines is 1. The third kappa shape index (κ3) is 5.69. The molecular weight excluding hydrogens is 392 g/mol. The highest BCUT2D eigenvalue weighted by molar-refractivity contribution is 5.94. The lowest BCUT2D eigenvalue weighted by Crippen LogP contribution is -2.39. The Hall–Kier alpha value is -3.22. The summed E-state index contributed by atoms with van der Waals surface area (Å²) in [5.74, 6) is 2.71. The normalized spacial score (nSPS) is 14.9. The smallest absolute Gasteiger partial charge is 0.224 e. The molecule has 7 nitrogen and oxygen atoms in total. The highest BCUT2D eigenvalue weighted by Crippen LogP contribution is 2.27. The van der Waals surface area contributed by atoms with Gasteiger partial charge < -0.3 is 25.4 Å². The molecule has 0 radical (unpaired) electrons. The molecule has 0 aliphatic carbocycles. The summed E-state index contributed by atoms with van der Waals surface area (Å²) >= 11 is 0. The van der Waals surface area contributed by atoms with Crippen LogP contribution in [0.3, 0.4) is 0 Å². The quantitative estimate of drug-likeness (QED) is 0.346. The van der Waals surface area contributed by atoms with E-state index < -0.39 is 0 Å². The SMILES string of the molecule is CCNC(=NCCc1ccc2c(c1)CCO2)NCCOc1ccc2c(c1)CCC(=O)N2. The van der Waals surface area contributed by atoms with E-state index in [1.165, 1.54) is 11.1 Å². The van der Waals surface area contributed by atoms with E-state index in [-0.39, 0.29) is 5.91 Å². The van der Waals surface area contributed by atoms with Crippen molar-refractivity contribution in [3.8, 4) is 11.5 Å². The van der Waals surface area contributed by atoms with Crippen molar-refractivity contribution in [2.24, 2.45) is 4.99 Å². The Kier molecular flexibility index (Phi) is 6.92. The predicted molar refractivity (Wildman–Crippen MR) is 122 cm³/mol. The number of hydrogen-bond acceptors (Lipinski definition) is 4. The Morgan fingerprint density at radius 2 is 2.06 bits per heavy atom. The number of amides is 1. The van der Waals surface area contributed by atoms with Crippen molar-refractivity contribution in [2.45, 2.75) is 32.6 Å². The van der Waals surface area contributed by atoms with Crippen LogP contribution in [0.2, 0.25) is 0 Å². The van der Waals surface area contributed by atoms with Gasteiger partial charge in [0.05, 0.1) is 13.2 Å². The third-order valence-corrected chi connectivity index (χ3v) is 5.40. The van der Waals surface area contributed by atoms with E-state index in [9.17, 15) is 4.79 Å². The number of carbonyl (C=O) groups is 1.